The number of piperazine rings is 1. The number of hydrogen-bond donors (Lipinski definition) is 1. The van der Waals surface area contributed by atoms with Crippen LogP contribution in [0.5, 0.6) is 0 Å². The zero-order valence-electron chi connectivity index (χ0n) is 16.3. The third kappa shape index (κ3) is 4.06. The number of benzene rings is 1. The Morgan fingerprint density at radius 2 is 1.79 bits per heavy atom. The predicted octanol–water partition coefficient (Wildman–Crippen LogP) is 2.92. The smallest absolute Gasteiger partial charge is 0.194 e. The third-order valence-electron chi connectivity index (χ3n) is 5.00. The summed E-state index contributed by atoms with van der Waals surface area (Å²) in [6.07, 6.45) is 3.70. The van der Waals surface area contributed by atoms with E-state index in [2.05, 4.69) is 62.3 Å². The van der Waals surface area contributed by atoms with Crippen molar-refractivity contribution in [3.63, 3.8) is 0 Å². The summed E-state index contributed by atoms with van der Waals surface area (Å²) in [6, 6.07) is 16.4. The molecule has 0 aliphatic carbocycles. The summed E-state index contributed by atoms with van der Waals surface area (Å²) in [7, 11) is 0. The number of hydrogen-bond acceptors (Lipinski definition) is 4. The van der Waals surface area contributed by atoms with Crippen LogP contribution in [0.3, 0.4) is 0 Å². The van der Waals surface area contributed by atoms with E-state index in [1.54, 1.807) is 0 Å². The number of anilines is 1. The standard InChI is InChI=1S/C22H26N6/c1-2-23-22(26-17-19-8-5-7-18-9-6-12-25-21(18)19)28-15-13-27(14-16-28)20-10-3-4-11-24-20/h3-12H,2,13-17H2,1H3,(H,23,26). The number of guanidine groups is 1. The lowest BCUT2D eigenvalue weighted by Crippen LogP contribution is -2.52. The van der Waals surface area contributed by atoms with Crippen LogP contribution < -0.4 is 10.2 Å². The Morgan fingerprint density at radius 1 is 0.964 bits per heavy atom. The van der Waals surface area contributed by atoms with E-state index in [9.17, 15) is 0 Å². The molecule has 1 fully saturated rings. The maximum atomic E-state index is 4.91. The minimum atomic E-state index is 0.622. The Bertz CT molecular complexity index is 927. The summed E-state index contributed by atoms with van der Waals surface area (Å²) in [5.74, 6) is 2.02. The minimum Gasteiger partial charge on any atom is -0.357 e. The average Bonchev–Trinajstić information content (AvgIpc) is 2.77. The second kappa shape index (κ2) is 8.69. The van der Waals surface area contributed by atoms with Crippen LogP contribution in [-0.2, 0) is 6.54 Å². The van der Waals surface area contributed by atoms with E-state index in [0.717, 1.165) is 61.0 Å². The van der Waals surface area contributed by atoms with Gasteiger partial charge in [0, 0.05) is 50.5 Å². The SMILES string of the molecule is CCNC(=NCc1cccc2cccnc12)N1CCN(c2ccccn2)CC1. The van der Waals surface area contributed by atoms with E-state index in [0.29, 0.717) is 6.54 Å². The number of para-hydroxylation sites is 1. The van der Waals surface area contributed by atoms with Crippen LogP contribution >= 0.6 is 0 Å². The van der Waals surface area contributed by atoms with Crippen LogP contribution in [0.25, 0.3) is 10.9 Å². The van der Waals surface area contributed by atoms with Crippen molar-refractivity contribution in [1.29, 1.82) is 0 Å². The number of nitrogens with zero attached hydrogens (tertiary/aromatic N) is 5. The van der Waals surface area contributed by atoms with Gasteiger partial charge < -0.3 is 15.1 Å². The molecule has 1 saturated heterocycles. The molecule has 1 aliphatic heterocycles. The molecule has 3 heterocycles. The van der Waals surface area contributed by atoms with E-state index in [1.165, 1.54) is 0 Å². The van der Waals surface area contributed by atoms with Crippen molar-refractivity contribution in [2.75, 3.05) is 37.6 Å². The second-order valence-corrected chi connectivity index (χ2v) is 6.82. The molecular weight excluding hydrogens is 348 g/mol. The van der Waals surface area contributed by atoms with Gasteiger partial charge in [-0.3, -0.25) is 4.98 Å². The Hall–Kier alpha value is -3.15. The molecule has 144 valence electrons. The molecule has 1 aromatic carbocycles. The van der Waals surface area contributed by atoms with Gasteiger partial charge in [0.2, 0.25) is 0 Å². The Labute approximate surface area is 165 Å². The molecule has 2 aromatic heterocycles. The van der Waals surface area contributed by atoms with Crippen molar-refractivity contribution in [2.24, 2.45) is 4.99 Å². The van der Waals surface area contributed by atoms with Crippen molar-refractivity contribution in [3.8, 4) is 0 Å². The maximum Gasteiger partial charge on any atom is 0.194 e. The zero-order valence-corrected chi connectivity index (χ0v) is 16.3. The summed E-state index contributed by atoms with van der Waals surface area (Å²) in [4.78, 5) is 18.6. The predicted molar refractivity (Wildman–Crippen MR) is 115 cm³/mol. The molecule has 6 heteroatoms. The molecule has 28 heavy (non-hydrogen) atoms. The van der Waals surface area contributed by atoms with Crippen LogP contribution in [-0.4, -0.2) is 53.6 Å². The topological polar surface area (TPSA) is 56.7 Å². The maximum absolute atomic E-state index is 4.91. The van der Waals surface area contributed by atoms with Gasteiger partial charge in [-0.2, -0.15) is 0 Å². The summed E-state index contributed by atoms with van der Waals surface area (Å²) < 4.78 is 0. The first-order chi connectivity index (χ1) is 13.8. The number of aliphatic imine (C=N–C) groups is 1. The molecular formula is C22H26N6. The van der Waals surface area contributed by atoms with Crippen LogP contribution in [0.1, 0.15) is 12.5 Å². The van der Waals surface area contributed by atoms with E-state index >= 15 is 0 Å². The van der Waals surface area contributed by atoms with Gasteiger partial charge >= 0.3 is 0 Å². The average molecular weight is 374 g/mol. The number of fused-ring (bicyclic) bond motifs is 1. The van der Waals surface area contributed by atoms with Crippen LogP contribution in [0.4, 0.5) is 5.82 Å². The first-order valence-electron chi connectivity index (χ1n) is 9.87. The monoisotopic (exact) mass is 374 g/mol. The van der Waals surface area contributed by atoms with Gasteiger partial charge in [0.05, 0.1) is 12.1 Å². The lowest BCUT2D eigenvalue weighted by molar-refractivity contribution is 0.371. The Morgan fingerprint density at radius 3 is 2.57 bits per heavy atom. The first-order valence-corrected chi connectivity index (χ1v) is 9.87. The Balaban J connectivity index is 1.47. The first kappa shape index (κ1) is 18.2. The zero-order chi connectivity index (χ0) is 19.2. The van der Waals surface area contributed by atoms with E-state index in [1.807, 2.05) is 30.6 Å². The molecule has 0 amide bonds. The Kier molecular flexibility index (Phi) is 5.66. The largest absolute Gasteiger partial charge is 0.357 e. The van der Waals surface area contributed by atoms with Crippen molar-refractivity contribution >= 4 is 22.7 Å². The highest BCUT2D eigenvalue weighted by atomic mass is 15.4. The number of aromatic nitrogens is 2. The molecule has 0 unspecified atom stereocenters. The second-order valence-electron chi connectivity index (χ2n) is 6.82. The van der Waals surface area contributed by atoms with E-state index in [4.69, 9.17) is 4.99 Å². The lowest BCUT2D eigenvalue weighted by atomic mass is 10.1. The molecule has 0 atom stereocenters. The molecule has 1 N–H and O–H groups in total. The van der Waals surface area contributed by atoms with Crippen LogP contribution in [0.2, 0.25) is 0 Å². The highest BCUT2D eigenvalue weighted by Crippen LogP contribution is 2.17. The van der Waals surface area contributed by atoms with Gasteiger partial charge in [0.15, 0.2) is 5.96 Å². The van der Waals surface area contributed by atoms with Crippen molar-refractivity contribution in [3.05, 3.63) is 66.5 Å². The van der Waals surface area contributed by atoms with Crippen molar-refractivity contribution in [1.82, 2.24) is 20.2 Å². The molecule has 1 aliphatic rings. The highest BCUT2D eigenvalue weighted by molar-refractivity contribution is 5.83. The third-order valence-corrected chi connectivity index (χ3v) is 5.00. The normalized spacial score (nSPS) is 15.1. The van der Waals surface area contributed by atoms with Gasteiger partial charge in [0.25, 0.3) is 0 Å². The fourth-order valence-corrected chi connectivity index (χ4v) is 3.57. The molecule has 6 nitrogen and oxygen atoms in total. The highest BCUT2D eigenvalue weighted by Gasteiger charge is 2.20. The quantitative estimate of drug-likeness (QED) is 0.562. The summed E-state index contributed by atoms with van der Waals surface area (Å²) in [5, 5.41) is 4.60. The van der Waals surface area contributed by atoms with Crippen LogP contribution in [0, 0.1) is 0 Å². The van der Waals surface area contributed by atoms with Crippen LogP contribution in [0.15, 0.2) is 65.9 Å². The molecule has 4 rings (SSSR count). The van der Waals surface area contributed by atoms with Gasteiger partial charge in [-0.1, -0.05) is 30.3 Å². The molecule has 3 aromatic rings. The van der Waals surface area contributed by atoms with E-state index < -0.39 is 0 Å². The van der Waals surface area contributed by atoms with Gasteiger partial charge in [-0.15, -0.1) is 0 Å². The summed E-state index contributed by atoms with van der Waals surface area (Å²) in [5.41, 5.74) is 2.19. The fraction of sp³-hybridized carbons (Fsp3) is 0.318. The van der Waals surface area contributed by atoms with Gasteiger partial charge in [0.1, 0.15) is 5.82 Å². The number of nitrogens with one attached hydrogen (secondary N) is 1. The molecule has 0 spiro atoms. The fourth-order valence-electron chi connectivity index (χ4n) is 3.57. The summed E-state index contributed by atoms with van der Waals surface area (Å²) in [6.45, 7) is 7.32. The van der Waals surface area contributed by atoms with Crippen molar-refractivity contribution in [2.45, 2.75) is 13.5 Å². The van der Waals surface area contributed by atoms with E-state index in [-0.39, 0.29) is 0 Å². The summed E-state index contributed by atoms with van der Waals surface area (Å²) >= 11 is 0. The van der Waals surface area contributed by atoms with Crippen molar-refractivity contribution < 1.29 is 0 Å². The van der Waals surface area contributed by atoms with Gasteiger partial charge in [-0.05, 0) is 30.7 Å². The molecule has 0 saturated carbocycles. The molecule has 0 radical (unpaired) electrons. The number of rotatable bonds is 4. The number of pyridine rings is 2. The molecule has 0 bridgehead atoms. The minimum absolute atomic E-state index is 0.622. The lowest BCUT2D eigenvalue weighted by Gasteiger charge is -2.37. The van der Waals surface area contributed by atoms with Gasteiger partial charge in [-0.25, -0.2) is 9.98 Å².